The molecule has 74 valence electrons. The number of amides is 2. The summed E-state index contributed by atoms with van der Waals surface area (Å²) in [7, 11) is 0. The summed E-state index contributed by atoms with van der Waals surface area (Å²) < 4.78 is 0. The van der Waals surface area contributed by atoms with Crippen LogP contribution in [0.5, 0.6) is 0 Å². The Hall–Kier alpha value is -2.04. The highest BCUT2D eigenvalue weighted by Gasteiger charge is 1.97. The van der Waals surface area contributed by atoms with Gasteiger partial charge in [-0.05, 0) is 17.7 Å². The molecule has 0 unspecified atom stereocenters. The maximum atomic E-state index is 10.2. The van der Waals surface area contributed by atoms with Crippen LogP contribution < -0.4 is 10.6 Å². The third kappa shape index (κ3) is 3.14. The lowest BCUT2D eigenvalue weighted by molar-refractivity contribution is -0.105. The summed E-state index contributed by atoms with van der Waals surface area (Å²) in [6, 6.07) is 6.93. The van der Waals surface area contributed by atoms with Gasteiger partial charge in [0.05, 0.1) is 0 Å². The SMILES string of the molecule is O=CNc1cccc(CNC(=O)O)c1. The van der Waals surface area contributed by atoms with E-state index in [1.54, 1.807) is 24.3 Å². The van der Waals surface area contributed by atoms with E-state index >= 15 is 0 Å². The minimum Gasteiger partial charge on any atom is -0.465 e. The molecule has 0 bridgehead atoms. The minimum absolute atomic E-state index is 0.226. The van der Waals surface area contributed by atoms with Gasteiger partial charge in [0.25, 0.3) is 0 Å². The normalized spacial score (nSPS) is 9.14. The highest BCUT2D eigenvalue weighted by Crippen LogP contribution is 2.09. The zero-order chi connectivity index (χ0) is 10.4. The first kappa shape index (κ1) is 10.0. The third-order valence-electron chi connectivity index (χ3n) is 1.60. The zero-order valence-corrected chi connectivity index (χ0v) is 7.36. The second-order valence-corrected chi connectivity index (χ2v) is 2.62. The molecule has 0 heterocycles. The van der Waals surface area contributed by atoms with Gasteiger partial charge in [-0.1, -0.05) is 12.1 Å². The van der Waals surface area contributed by atoms with Crippen molar-refractivity contribution in [1.29, 1.82) is 0 Å². The highest BCUT2D eigenvalue weighted by atomic mass is 16.4. The van der Waals surface area contributed by atoms with Gasteiger partial charge in [-0.25, -0.2) is 4.79 Å². The van der Waals surface area contributed by atoms with Crippen molar-refractivity contribution in [3.63, 3.8) is 0 Å². The molecule has 3 N–H and O–H groups in total. The summed E-state index contributed by atoms with van der Waals surface area (Å²) in [6.07, 6.45) is -0.497. The predicted octanol–water partition coefficient (Wildman–Crippen LogP) is 1.02. The van der Waals surface area contributed by atoms with Crippen LogP contribution in [0.3, 0.4) is 0 Å². The molecular weight excluding hydrogens is 184 g/mol. The third-order valence-corrected chi connectivity index (χ3v) is 1.60. The smallest absolute Gasteiger partial charge is 0.404 e. The van der Waals surface area contributed by atoms with E-state index in [0.717, 1.165) is 5.56 Å². The van der Waals surface area contributed by atoms with Crippen LogP contribution in [0.15, 0.2) is 24.3 Å². The van der Waals surface area contributed by atoms with Gasteiger partial charge in [0.1, 0.15) is 0 Å². The second-order valence-electron chi connectivity index (χ2n) is 2.62. The number of anilines is 1. The van der Waals surface area contributed by atoms with Crippen LogP contribution in [-0.2, 0) is 11.3 Å². The molecule has 5 nitrogen and oxygen atoms in total. The van der Waals surface area contributed by atoms with Crippen LogP contribution in [0.4, 0.5) is 10.5 Å². The molecule has 0 saturated carbocycles. The van der Waals surface area contributed by atoms with E-state index in [4.69, 9.17) is 5.11 Å². The van der Waals surface area contributed by atoms with Gasteiger partial charge in [0.2, 0.25) is 6.41 Å². The van der Waals surface area contributed by atoms with Crippen LogP contribution in [0.2, 0.25) is 0 Å². The van der Waals surface area contributed by atoms with Crippen LogP contribution in [0, 0.1) is 0 Å². The van der Waals surface area contributed by atoms with E-state index < -0.39 is 6.09 Å². The summed E-state index contributed by atoms with van der Waals surface area (Å²) in [4.78, 5) is 20.3. The number of hydrogen-bond acceptors (Lipinski definition) is 2. The Morgan fingerprint density at radius 2 is 2.29 bits per heavy atom. The Morgan fingerprint density at radius 3 is 2.93 bits per heavy atom. The Kier molecular flexibility index (Phi) is 3.49. The van der Waals surface area contributed by atoms with Crippen molar-refractivity contribution in [3.8, 4) is 0 Å². The average molecular weight is 194 g/mol. The molecule has 0 aliphatic rings. The topological polar surface area (TPSA) is 78.4 Å². The van der Waals surface area contributed by atoms with Crippen molar-refractivity contribution in [2.24, 2.45) is 0 Å². The minimum atomic E-state index is -1.07. The molecule has 2 amide bonds. The maximum Gasteiger partial charge on any atom is 0.404 e. The van der Waals surface area contributed by atoms with Gasteiger partial charge in [0, 0.05) is 12.2 Å². The fraction of sp³-hybridized carbons (Fsp3) is 0.111. The van der Waals surface area contributed by atoms with E-state index in [9.17, 15) is 9.59 Å². The number of benzene rings is 1. The first-order valence-electron chi connectivity index (χ1n) is 3.98. The fourth-order valence-corrected chi connectivity index (χ4v) is 1.02. The standard InChI is InChI=1S/C9H10N2O3/c12-6-11-8-3-1-2-7(4-8)5-10-9(13)14/h1-4,6,10H,5H2,(H,11,12)(H,13,14). The summed E-state index contributed by atoms with van der Waals surface area (Å²) in [5.74, 6) is 0. The summed E-state index contributed by atoms with van der Waals surface area (Å²) >= 11 is 0. The molecular formula is C9H10N2O3. The quantitative estimate of drug-likeness (QED) is 0.626. The van der Waals surface area contributed by atoms with Gasteiger partial charge in [0.15, 0.2) is 0 Å². The molecule has 0 atom stereocenters. The number of carbonyl (C=O) groups is 2. The lowest BCUT2D eigenvalue weighted by Crippen LogP contribution is -2.19. The monoisotopic (exact) mass is 194 g/mol. The van der Waals surface area contributed by atoms with Crippen molar-refractivity contribution < 1.29 is 14.7 Å². The van der Waals surface area contributed by atoms with E-state index in [2.05, 4.69) is 10.6 Å². The molecule has 1 rings (SSSR count). The molecule has 0 aliphatic carbocycles. The maximum absolute atomic E-state index is 10.2. The molecule has 0 aromatic heterocycles. The fourth-order valence-electron chi connectivity index (χ4n) is 1.02. The predicted molar refractivity (Wildman–Crippen MR) is 51.0 cm³/mol. The van der Waals surface area contributed by atoms with Crippen LogP contribution in [0.25, 0.3) is 0 Å². The van der Waals surface area contributed by atoms with E-state index in [-0.39, 0.29) is 6.54 Å². The van der Waals surface area contributed by atoms with Gasteiger partial charge in [-0.2, -0.15) is 0 Å². The number of rotatable bonds is 4. The first-order valence-corrected chi connectivity index (χ1v) is 3.98. The van der Waals surface area contributed by atoms with Gasteiger partial charge in [-0.15, -0.1) is 0 Å². The number of carboxylic acid groups (broad SMARTS) is 1. The lowest BCUT2D eigenvalue weighted by atomic mass is 10.2. The number of carbonyl (C=O) groups excluding carboxylic acids is 1. The molecule has 14 heavy (non-hydrogen) atoms. The zero-order valence-electron chi connectivity index (χ0n) is 7.36. The van der Waals surface area contributed by atoms with E-state index in [0.29, 0.717) is 12.1 Å². The Labute approximate surface area is 80.7 Å². The Bertz CT molecular complexity index is 339. The van der Waals surface area contributed by atoms with Crippen LogP contribution in [0.1, 0.15) is 5.56 Å². The van der Waals surface area contributed by atoms with Crippen LogP contribution in [-0.4, -0.2) is 17.6 Å². The van der Waals surface area contributed by atoms with Crippen LogP contribution >= 0.6 is 0 Å². The summed E-state index contributed by atoms with van der Waals surface area (Å²) in [5, 5.41) is 13.1. The van der Waals surface area contributed by atoms with Crippen molar-refractivity contribution in [2.45, 2.75) is 6.54 Å². The Balaban J connectivity index is 2.63. The van der Waals surface area contributed by atoms with Crippen molar-refractivity contribution >= 4 is 18.2 Å². The summed E-state index contributed by atoms with van der Waals surface area (Å²) in [5.41, 5.74) is 1.43. The molecule has 1 aromatic carbocycles. The molecule has 0 fully saturated rings. The number of hydrogen-bond donors (Lipinski definition) is 3. The van der Waals surface area contributed by atoms with Crippen molar-refractivity contribution in [2.75, 3.05) is 5.32 Å². The molecule has 0 spiro atoms. The number of nitrogens with one attached hydrogen (secondary N) is 2. The van der Waals surface area contributed by atoms with E-state index in [1.807, 2.05) is 0 Å². The molecule has 0 aliphatic heterocycles. The average Bonchev–Trinajstić information content (AvgIpc) is 2.16. The second kappa shape index (κ2) is 4.86. The van der Waals surface area contributed by atoms with Gasteiger partial charge < -0.3 is 15.7 Å². The van der Waals surface area contributed by atoms with Crippen molar-refractivity contribution in [3.05, 3.63) is 29.8 Å². The van der Waals surface area contributed by atoms with E-state index in [1.165, 1.54) is 0 Å². The van der Waals surface area contributed by atoms with Gasteiger partial charge in [-0.3, -0.25) is 4.79 Å². The lowest BCUT2D eigenvalue weighted by Gasteiger charge is -2.03. The largest absolute Gasteiger partial charge is 0.465 e. The molecule has 0 radical (unpaired) electrons. The highest BCUT2D eigenvalue weighted by molar-refractivity contribution is 5.71. The van der Waals surface area contributed by atoms with Gasteiger partial charge >= 0.3 is 6.09 Å². The first-order chi connectivity index (χ1) is 6.72. The summed E-state index contributed by atoms with van der Waals surface area (Å²) in [6.45, 7) is 0.226. The Morgan fingerprint density at radius 1 is 1.50 bits per heavy atom. The molecule has 1 aromatic rings. The molecule has 0 saturated heterocycles. The molecule has 5 heteroatoms. The van der Waals surface area contributed by atoms with Crippen molar-refractivity contribution in [1.82, 2.24) is 5.32 Å².